The van der Waals surface area contributed by atoms with Gasteiger partial charge in [0.05, 0.1) is 0 Å². The van der Waals surface area contributed by atoms with E-state index < -0.39 is 0 Å². The van der Waals surface area contributed by atoms with Gasteiger partial charge in [0.25, 0.3) is 0 Å². The Hall–Kier alpha value is -0.860. The minimum Gasteiger partial charge on any atom is -0.309 e. The molecule has 1 saturated carbocycles. The molecule has 2 nitrogen and oxygen atoms in total. The van der Waals surface area contributed by atoms with Crippen molar-refractivity contribution in [3.05, 3.63) is 35.4 Å². The Bertz CT molecular complexity index is 425. The minimum absolute atomic E-state index is 0.362. The van der Waals surface area contributed by atoms with E-state index in [1.807, 2.05) is 0 Å². The summed E-state index contributed by atoms with van der Waals surface area (Å²) in [5.41, 5.74) is 3.27. The third kappa shape index (κ3) is 2.45. The van der Waals surface area contributed by atoms with Crippen molar-refractivity contribution in [3.8, 4) is 0 Å². The van der Waals surface area contributed by atoms with Gasteiger partial charge in [-0.25, -0.2) is 0 Å². The van der Waals surface area contributed by atoms with E-state index >= 15 is 0 Å². The van der Waals surface area contributed by atoms with Crippen LogP contribution in [-0.4, -0.2) is 30.1 Å². The molecule has 1 N–H and O–H groups in total. The van der Waals surface area contributed by atoms with Gasteiger partial charge in [-0.05, 0) is 43.7 Å². The Morgan fingerprint density at radius 2 is 2.11 bits per heavy atom. The summed E-state index contributed by atoms with van der Waals surface area (Å²) in [5, 5.41) is 3.75. The summed E-state index contributed by atoms with van der Waals surface area (Å²) < 4.78 is 0. The van der Waals surface area contributed by atoms with E-state index in [-0.39, 0.29) is 0 Å². The van der Waals surface area contributed by atoms with E-state index in [4.69, 9.17) is 0 Å². The van der Waals surface area contributed by atoms with Crippen LogP contribution in [-0.2, 0) is 6.54 Å². The Kier molecular flexibility index (Phi) is 3.16. The molecule has 98 valence electrons. The SMILES string of the molecule is Cc1ccccc1CN1CCNC(C)(C2CC2)C1. The molecule has 1 heterocycles. The third-order valence-corrected chi connectivity index (χ3v) is 4.64. The van der Waals surface area contributed by atoms with E-state index in [9.17, 15) is 0 Å². The number of rotatable bonds is 3. The van der Waals surface area contributed by atoms with Crippen molar-refractivity contribution in [2.24, 2.45) is 5.92 Å². The van der Waals surface area contributed by atoms with Crippen LogP contribution in [0.3, 0.4) is 0 Å². The van der Waals surface area contributed by atoms with Gasteiger partial charge in [-0.1, -0.05) is 24.3 Å². The molecule has 0 radical (unpaired) electrons. The van der Waals surface area contributed by atoms with Gasteiger partial charge < -0.3 is 5.32 Å². The summed E-state index contributed by atoms with van der Waals surface area (Å²) in [5.74, 6) is 0.914. The molecule has 1 aliphatic heterocycles. The molecule has 18 heavy (non-hydrogen) atoms. The van der Waals surface area contributed by atoms with Gasteiger partial charge in [0.1, 0.15) is 0 Å². The van der Waals surface area contributed by atoms with Gasteiger partial charge in [-0.3, -0.25) is 4.90 Å². The normalized spacial score (nSPS) is 29.4. The van der Waals surface area contributed by atoms with Gasteiger partial charge in [0.15, 0.2) is 0 Å². The van der Waals surface area contributed by atoms with Crippen molar-refractivity contribution in [1.82, 2.24) is 10.2 Å². The number of hydrogen-bond donors (Lipinski definition) is 1. The van der Waals surface area contributed by atoms with Crippen LogP contribution in [0.25, 0.3) is 0 Å². The zero-order valence-electron chi connectivity index (χ0n) is 11.6. The summed E-state index contributed by atoms with van der Waals surface area (Å²) in [6, 6.07) is 8.78. The molecule has 1 aromatic rings. The zero-order valence-corrected chi connectivity index (χ0v) is 11.6. The average Bonchev–Trinajstić information content (AvgIpc) is 3.17. The topological polar surface area (TPSA) is 15.3 Å². The number of nitrogens with one attached hydrogen (secondary N) is 1. The molecule has 1 saturated heterocycles. The Morgan fingerprint density at radius 3 is 2.83 bits per heavy atom. The van der Waals surface area contributed by atoms with Crippen LogP contribution in [0.15, 0.2) is 24.3 Å². The number of aryl methyl sites for hydroxylation is 1. The van der Waals surface area contributed by atoms with Crippen molar-refractivity contribution in [1.29, 1.82) is 0 Å². The standard InChI is InChI=1S/C16H24N2/c1-13-5-3-4-6-14(13)11-18-10-9-17-16(2,12-18)15-7-8-15/h3-6,15,17H,7-12H2,1-2H3. The maximum atomic E-state index is 3.75. The summed E-state index contributed by atoms with van der Waals surface area (Å²) in [4.78, 5) is 2.62. The highest BCUT2D eigenvalue weighted by Gasteiger charge is 2.43. The third-order valence-electron chi connectivity index (χ3n) is 4.64. The first-order chi connectivity index (χ1) is 8.67. The van der Waals surface area contributed by atoms with Crippen LogP contribution in [0.2, 0.25) is 0 Å². The van der Waals surface area contributed by atoms with Crippen LogP contribution in [0, 0.1) is 12.8 Å². The quantitative estimate of drug-likeness (QED) is 0.879. The molecule has 0 bridgehead atoms. The van der Waals surface area contributed by atoms with E-state index in [0.29, 0.717) is 5.54 Å². The van der Waals surface area contributed by atoms with Crippen molar-refractivity contribution < 1.29 is 0 Å². The van der Waals surface area contributed by atoms with E-state index in [2.05, 4.69) is 48.3 Å². The monoisotopic (exact) mass is 244 g/mol. The van der Waals surface area contributed by atoms with Crippen molar-refractivity contribution in [3.63, 3.8) is 0 Å². The van der Waals surface area contributed by atoms with Crippen LogP contribution >= 0.6 is 0 Å². The summed E-state index contributed by atoms with van der Waals surface area (Å²) in [6.07, 6.45) is 2.84. The molecule has 2 heteroatoms. The Balaban J connectivity index is 1.68. The largest absolute Gasteiger partial charge is 0.309 e. The predicted molar refractivity (Wildman–Crippen MR) is 75.6 cm³/mol. The number of piperazine rings is 1. The molecule has 2 fully saturated rings. The second-order valence-electron chi connectivity index (χ2n) is 6.26. The summed E-state index contributed by atoms with van der Waals surface area (Å²) in [7, 11) is 0. The van der Waals surface area contributed by atoms with Gasteiger partial charge in [-0.15, -0.1) is 0 Å². The maximum absolute atomic E-state index is 3.75. The number of nitrogens with zero attached hydrogens (tertiary/aromatic N) is 1. The molecule has 1 aliphatic carbocycles. The van der Waals surface area contributed by atoms with E-state index in [1.165, 1.54) is 37.1 Å². The Morgan fingerprint density at radius 1 is 1.33 bits per heavy atom. The average molecular weight is 244 g/mol. The number of benzene rings is 1. The highest BCUT2D eigenvalue weighted by atomic mass is 15.2. The molecular formula is C16H24N2. The van der Waals surface area contributed by atoms with E-state index in [1.54, 1.807) is 0 Å². The molecule has 0 spiro atoms. The molecule has 1 unspecified atom stereocenters. The molecule has 3 rings (SSSR count). The van der Waals surface area contributed by atoms with Crippen LogP contribution in [0.1, 0.15) is 30.9 Å². The van der Waals surface area contributed by atoms with Gasteiger partial charge >= 0.3 is 0 Å². The van der Waals surface area contributed by atoms with Gasteiger partial charge in [-0.2, -0.15) is 0 Å². The Labute approximate surface area is 110 Å². The highest BCUT2D eigenvalue weighted by molar-refractivity contribution is 5.25. The van der Waals surface area contributed by atoms with Crippen LogP contribution in [0.4, 0.5) is 0 Å². The predicted octanol–water partition coefficient (Wildman–Crippen LogP) is 2.57. The van der Waals surface area contributed by atoms with Crippen molar-refractivity contribution in [2.75, 3.05) is 19.6 Å². The first-order valence-corrected chi connectivity index (χ1v) is 7.19. The molecule has 1 atom stereocenters. The molecule has 0 aromatic heterocycles. The van der Waals surface area contributed by atoms with Crippen molar-refractivity contribution in [2.45, 2.75) is 38.8 Å². The highest BCUT2D eigenvalue weighted by Crippen LogP contribution is 2.40. The van der Waals surface area contributed by atoms with Crippen LogP contribution in [0.5, 0.6) is 0 Å². The second kappa shape index (κ2) is 4.67. The lowest BCUT2D eigenvalue weighted by Gasteiger charge is -2.42. The fourth-order valence-electron chi connectivity index (χ4n) is 3.26. The maximum Gasteiger partial charge on any atom is 0.0309 e. The molecule has 0 amide bonds. The summed E-state index contributed by atoms with van der Waals surface area (Å²) in [6.45, 7) is 9.25. The van der Waals surface area contributed by atoms with Gasteiger partial charge in [0, 0.05) is 31.7 Å². The van der Waals surface area contributed by atoms with Crippen molar-refractivity contribution >= 4 is 0 Å². The lowest BCUT2D eigenvalue weighted by molar-refractivity contribution is 0.121. The number of hydrogen-bond acceptors (Lipinski definition) is 2. The van der Waals surface area contributed by atoms with E-state index in [0.717, 1.165) is 19.0 Å². The first-order valence-electron chi connectivity index (χ1n) is 7.19. The summed E-state index contributed by atoms with van der Waals surface area (Å²) >= 11 is 0. The second-order valence-corrected chi connectivity index (χ2v) is 6.26. The first kappa shape index (κ1) is 12.2. The fourth-order valence-corrected chi connectivity index (χ4v) is 3.26. The lowest BCUT2D eigenvalue weighted by atomic mass is 9.92. The molecule has 2 aliphatic rings. The fraction of sp³-hybridized carbons (Fsp3) is 0.625. The smallest absolute Gasteiger partial charge is 0.0309 e. The zero-order chi connectivity index (χ0) is 12.6. The lowest BCUT2D eigenvalue weighted by Crippen LogP contribution is -2.59. The van der Waals surface area contributed by atoms with Crippen LogP contribution < -0.4 is 5.32 Å². The molecular weight excluding hydrogens is 220 g/mol. The molecule has 1 aromatic carbocycles. The minimum atomic E-state index is 0.362. The van der Waals surface area contributed by atoms with Gasteiger partial charge in [0.2, 0.25) is 0 Å².